The highest BCUT2D eigenvalue weighted by atomic mass is 32.2. The van der Waals surface area contributed by atoms with Gasteiger partial charge in [0, 0.05) is 12.6 Å². The number of nitrogens with zero attached hydrogens (tertiary/aromatic N) is 2. The molecule has 1 heterocycles. The van der Waals surface area contributed by atoms with E-state index < -0.39 is 31.3 Å². The van der Waals surface area contributed by atoms with Gasteiger partial charge in [-0.25, -0.2) is 12.8 Å². The minimum absolute atomic E-state index is 0.138. The third-order valence-electron chi connectivity index (χ3n) is 2.39. The van der Waals surface area contributed by atoms with Crippen LogP contribution in [0.5, 0.6) is 0 Å². The summed E-state index contributed by atoms with van der Waals surface area (Å²) in [5.74, 6) is -1.17. The van der Waals surface area contributed by atoms with E-state index in [0.717, 1.165) is 12.1 Å². The van der Waals surface area contributed by atoms with Gasteiger partial charge in [0.15, 0.2) is 0 Å². The first kappa shape index (κ1) is 12.9. The first-order chi connectivity index (χ1) is 8.43. The highest BCUT2D eigenvalue weighted by Crippen LogP contribution is 2.25. The van der Waals surface area contributed by atoms with Gasteiger partial charge < -0.3 is 0 Å². The van der Waals surface area contributed by atoms with Gasteiger partial charge in [0.25, 0.3) is 15.7 Å². The number of hydrogen-bond donors (Lipinski definition) is 0. The third-order valence-corrected chi connectivity index (χ3v) is 4.10. The molecule has 0 bridgehead atoms. The molecule has 0 aromatic heterocycles. The van der Waals surface area contributed by atoms with E-state index in [1.54, 1.807) is 0 Å². The largest absolute Gasteiger partial charge is 0.284 e. The quantitative estimate of drug-likeness (QED) is 0.608. The molecule has 0 aliphatic carbocycles. The normalized spacial score (nSPS) is 16.9. The van der Waals surface area contributed by atoms with E-state index >= 15 is 0 Å². The van der Waals surface area contributed by atoms with Crippen LogP contribution in [0.4, 0.5) is 10.1 Å². The van der Waals surface area contributed by atoms with E-state index in [0.29, 0.717) is 17.0 Å². The summed E-state index contributed by atoms with van der Waals surface area (Å²) in [6.07, 6.45) is 0.522. The van der Waals surface area contributed by atoms with Gasteiger partial charge in [-0.1, -0.05) is 4.47 Å². The molecule has 9 heteroatoms. The summed E-state index contributed by atoms with van der Waals surface area (Å²) in [5, 5.41) is 10.4. The summed E-state index contributed by atoms with van der Waals surface area (Å²) in [5.41, 5.74) is -0.506. The van der Waals surface area contributed by atoms with Crippen molar-refractivity contribution >= 4 is 15.7 Å². The van der Waals surface area contributed by atoms with Crippen LogP contribution in [0.1, 0.15) is 6.42 Å². The van der Waals surface area contributed by atoms with Crippen molar-refractivity contribution in [1.82, 2.24) is 4.47 Å². The predicted molar refractivity (Wildman–Crippen MR) is 57.5 cm³/mol. The second-order valence-electron chi connectivity index (χ2n) is 3.59. The van der Waals surface area contributed by atoms with Crippen molar-refractivity contribution in [1.29, 1.82) is 0 Å². The molecule has 1 saturated heterocycles. The zero-order valence-corrected chi connectivity index (χ0v) is 9.89. The lowest BCUT2D eigenvalue weighted by Gasteiger charge is -2.14. The van der Waals surface area contributed by atoms with E-state index in [9.17, 15) is 22.9 Å². The molecular formula is C9H9FN2O5S. The molecule has 0 saturated carbocycles. The molecule has 98 valence electrons. The van der Waals surface area contributed by atoms with Crippen LogP contribution in [0, 0.1) is 15.9 Å². The van der Waals surface area contributed by atoms with E-state index in [4.69, 9.17) is 4.84 Å². The predicted octanol–water partition coefficient (Wildman–Crippen LogP) is 1.06. The molecule has 1 aromatic rings. The third kappa shape index (κ3) is 2.19. The summed E-state index contributed by atoms with van der Waals surface area (Å²) in [7, 11) is -4.10. The van der Waals surface area contributed by atoms with Gasteiger partial charge in [0.05, 0.1) is 17.6 Å². The molecule has 0 radical (unpaired) electrons. The lowest BCUT2D eigenvalue weighted by Crippen LogP contribution is -2.27. The zero-order chi connectivity index (χ0) is 13.3. The first-order valence-electron chi connectivity index (χ1n) is 5.02. The van der Waals surface area contributed by atoms with Gasteiger partial charge in [0.1, 0.15) is 10.7 Å². The molecule has 1 aliphatic heterocycles. The summed E-state index contributed by atoms with van der Waals surface area (Å²) >= 11 is 0. The van der Waals surface area contributed by atoms with E-state index in [1.807, 2.05) is 0 Å². The van der Waals surface area contributed by atoms with Crippen molar-refractivity contribution in [2.75, 3.05) is 13.2 Å². The standard InChI is InChI=1S/C9H9FN2O5S/c10-8-6-7(12(13)14)2-3-9(8)18(15,16)11-4-1-5-17-11/h2-3,6H,1,4-5H2. The maximum absolute atomic E-state index is 13.6. The van der Waals surface area contributed by atoms with Crippen molar-refractivity contribution in [3.8, 4) is 0 Å². The molecule has 0 atom stereocenters. The minimum Gasteiger partial charge on any atom is -0.284 e. The SMILES string of the molecule is O=[N+]([O-])c1ccc(S(=O)(=O)N2CCCO2)c(F)c1. The molecule has 1 aromatic carbocycles. The molecule has 1 fully saturated rings. The fourth-order valence-corrected chi connectivity index (χ4v) is 2.88. The van der Waals surface area contributed by atoms with Gasteiger partial charge in [-0.05, 0) is 12.5 Å². The highest BCUT2D eigenvalue weighted by Gasteiger charge is 2.31. The van der Waals surface area contributed by atoms with Crippen molar-refractivity contribution in [2.24, 2.45) is 0 Å². The molecule has 1 aliphatic rings. The topological polar surface area (TPSA) is 89.8 Å². The number of sulfonamides is 1. The Bertz CT molecular complexity index is 583. The van der Waals surface area contributed by atoms with Gasteiger partial charge in [-0.15, -0.1) is 0 Å². The molecule has 2 rings (SSSR count). The Kier molecular flexibility index (Phi) is 3.28. The average molecular weight is 276 g/mol. The molecule has 0 spiro atoms. The lowest BCUT2D eigenvalue weighted by atomic mass is 10.3. The number of hydroxylamine groups is 1. The monoisotopic (exact) mass is 276 g/mol. The highest BCUT2D eigenvalue weighted by molar-refractivity contribution is 7.89. The Morgan fingerprint density at radius 2 is 2.17 bits per heavy atom. The first-order valence-corrected chi connectivity index (χ1v) is 6.46. The van der Waals surface area contributed by atoms with Crippen molar-refractivity contribution in [2.45, 2.75) is 11.3 Å². The van der Waals surface area contributed by atoms with Crippen LogP contribution in [-0.4, -0.2) is 31.0 Å². The Hall–Kier alpha value is -1.58. The van der Waals surface area contributed by atoms with E-state index in [2.05, 4.69) is 0 Å². The number of nitro groups is 1. The lowest BCUT2D eigenvalue weighted by molar-refractivity contribution is -0.385. The van der Waals surface area contributed by atoms with Gasteiger partial charge in [-0.3, -0.25) is 15.0 Å². The molecule has 0 N–H and O–H groups in total. The molecule has 18 heavy (non-hydrogen) atoms. The maximum Gasteiger partial charge on any atom is 0.272 e. The van der Waals surface area contributed by atoms with Crippen LogP contribution in [0.15, 0.2) is 23.1 Å². The van der Waals surface area contributed by atoms with E-state index in [1.165, 1.54) is 0 Å². The van der Waals surface area contributed by atoms with Crippen LogP contribution in [0.2, 0.25) is 0 Å². The maximum atomic E-state index is 13.6. The van der Waals surface area contributed by atoms with Crippen LogP contribution >= 0.6 is 0 Å². The van der Waals surface area contributed by atoms with Gasteiger partial charge in [-0.2, -0.15) is 0 Å². The second-order valence-corrected chi connectivity index (χ2v) is 5.39. The zero-order valence-electron chi connectivity index (χ0n) is 9.08. The van der Waals surface area contributed by atoms with Crippen LogP contribution < -0.4 is 0 Å². The van der Waals surface area contributed by atoms with E-state index in [-0.39, 0.29) is 13.2 Å². The number of halogens is 1. The number of hydrogen-bond acceptors (Lipinski definition) is 5. The summed E-state index contributed by atoms with van der Waals surface area (Å²) in [6.45, 7) is 0.382. The van der Waals surface area contributed by atoms with Gasteiger partial charge in [0.2, 0.25) is 0 Å². The number of non-ortho nitro benzene ring substituents is 1. The summed E-state index contributed by atoms with van der Waals surface area (Å²) in [4.78, 5) is 13.8. The van der Waals surface area contributed by atoms with Crippen molar-refractivity contribution in [3.05, 3.63) is 34.1 Å². The number of rotatable bonds is 3. The fraction of sp³-hybridized carbons (Fsp3) is 0.333. The Morgan fingerprint density at radius 1 is 1.44 bits per heavy atom. The van der Waals surface area contributed by atoms with Gasteiger partial charge >= 0.3 is 0 Å². The number of nitro benzene ring substituents is 1. The summed E-state index contributed by atoms with van der Waals surface area (Å²) in [6, 6.07) is 2.37. The molecular weight excluding hydrogens is 267 g/mol. The Morgan fingerprint density at radius 3 is 2.67 bits per heavy atom. The number of benzene rings is 1. The van der Waals surface area contributed by atoms with Crippen molar-refractivity contribution < 1.29 is 22.6 Å². The Labute approximate surface area is 102 Å². The fourth-order valence-electron chi connectivity index (χ4n) is 1.54. The minimum atomic E-state index is -4.10. The smallest absolute Gasteiger partial charge is 0.272 e. The van der Waals surface area contributed by atoms with Crippen LogP contribution in [-0.2, 0) is 14.9 Å². The van der Waals surface area contributed by atoms with Crippen LogP contribution in [0.3, 0.4) is 0 Å². The Balaban J connectivity index is 2.42. The summed E-state index contributed by atoms with van der Waals surface area (Å²) < 4.78 is 38.1. The molecule has 0 unspecified atom stereocenters. The van der Waals surface area contributed by atoms with Crippen molar-refractivity contribution in [3.63, 3.8) is 0 Å². The van der Waals surface area contributed by atoms with Crippen LogP contribution in [0.25, 0.3) is 0 Å². The molecule has 0 amide bonds. The second kappa shape index (κ2) is 4.59. The average Bonchev–Trinajstić information content (AvgIpc) is 2.82. The molecule has 7 nitrogen and oxygen atoms in total.